The molecule has 3 aromatic carbocycles. The Kier molecular flexibility index (Phi) is 6.25. The summed E-state index contributed by atoms with van der Waals surface area (Å²) in [7, 11) is -2.53. The number of nitrogens with zero attached hydrogens (tertiary/aromatic N) is 2. The van der Waals surface area contributed by atoms with Gasteiger partial charge < -0.3 is 5.73 Å². The van der Waals surface area contributed by atoms with Crippen LogP contribution in [-0.2, 0) is 23.0 Å². The fourth-order valence-corrected chi connectivity index (χ4v) is 3.97. The highest BCUT2D eigenvalue weighted by Crippen LogP contribution is 2.29. The summed E-state index contributed by atoms with van der Waals surface area (Å²) in [4.78, 5) is 13.5. The summed E-state index contributed by atoms with van der Waals surface area (Å²) < 4.78 is 36.6. The van der Waals surface area contributed by atoms with Crippen molar-refractivity contribution in [2.45, 2.75) is 12.3 Å². The van der Waals surface area contributed by atoms with Gasteiger partial charge in [-0.1, -0.05) is 48.5 Å². The average Bonchev–Trinajstić information content (AvgIpc) is 2.80. The van der Waals surface area contributed by atoms with Gasteiger partial charge in [-0.25, -0.2) is 12.8 Å². The lowest BCUT2D eigenvalue weighted by atomic mass is 9.96. The van der Waals surface area contributed by atoms with Crippen LogP contribution in [0.15, 0.2) is 83.8 Å². The predicted octanol–water partition coefficient (Wildman–Crippen LogP) is 3.28. The zero-order valence-corrected chi connectivity index (χ0v) is 17.8. The maximum atomic E-state index is 13.5. The molecule has 1 aromatic heterocycles. The Labute approximate surface area is 185 Å². The van der Waals surface area contributed by atoms with Gasteiger partial charge in [0.25, 0.3) is 5.56 Å². The van der Waals surface area contributed by atoms with Gasteiger partial charge in [-0.05, 0) is 46.5 Å². The van der Waals surface area contributed by atoms with Crippen molar-refractivity contribution >= 4 is 10.7 Å². The molecule has 1 heterocycles. The van der Waals surface area contributed by atoms with E-state index in [9.17, 15) is 17.6 Å². The topological polar surface area (TPSA) is 95.1 Å². The second kappa shape index (κ2) is 9.25. The highest BCUT2D eigenvalue weighted by atomic mass is 32.2. The van der Waals surface area contributed by atoms with Crippen LogP contribution >= 0.6 is 0 Å². The van der Waals surface area contributed by atoms with E-state index in [0.29, 0.717) is 34.5 Å². The first-order valence-corrected chi connectivity index (χ1v) is 11.2. The molecule has 162 valence electrons. The third kappa shape index (κ3) is 4.51. The van der Waals surface area contributed by atoms with E-state index in [0.717, 1.165) is 11.1 Å². The molecule has 0 radical (unpaired) electrons. The zero-order chi connectivity index (χ0) is 22.7. The van der Waals surface area contributed by atoms with Gasteiger partial charge in [-0.3, -0.25) is 4.79 Å². The maximum absolute atomic E-state index is 13.5. The van der Waals surface area contributed by atoms with Gasteiger partial charge in [0.2, 0.25) is 0 Å². The Morgan fingerprint density at radius 2 is 1.44 bits per heavy atom. The molecule has 4 rings (SSSR count). The fraction of sp³-hybridized carbons (Fsp3) is 0.0833. The van der Waals surface area contributed by atoms with Crippen molar-refractivity contribution < 1.29 is 12.8 Å². The first-order valence-electron chi connectivity index (χ1n) is 9.85. The van der Waals surface area contributed by atoms with Crippen LogP contribution in [0.2, 0.25) is 0 Å². The van der Waals surface area contributed by atoms with E-state index in [1.165, 1.54) is 28.9 Å². The van der Waals surface area contributed by atoms with Gasteiger partial charge in [0.1, 0.15) is 16.5 Å². The Balaban J connectivity index is 1.90. The number of nitrogens with two attached hydrogens (primary N) is 1. The van der Waals surface area contributed by atoms with E-state index in [2.05, 4.69) is 5.10 Å². The molecule has 32 heavy (non-hydrogen) atoms. The molecule has 2 N–H and O–H groups in total. The third-order valence-corrected chi connectivity index (χ3v) is 5.73. The minimum absolute atomic E-state index is 0.0482. The van der Waals surface area contributed by atoms with Crippen molar-refractivity contribution in [1.82, 2.24) is 9.78 Å². The van der Waals surface area contributed by atoms with Crippen LogP contribution in [0.25, 0.3) is 27.9 Å². The predicted molar refractivity (Wildman–Crippen MR) is 123 cm³/mol. The molecule has 0 atom stereocenters. The first-order chi connectivity index (χ1) is 15.5. The van der Waals surface area contributed by atoms with Gasteiger partial charge in [-0.15, -0.1) is 0 Å². The molecule has 0 spiro atoms. The number of benzene rings is 3. The number of hydrogen-bond donors (Lipinski definition) is 2. The van der Waals surface area contributed by atoms with Gasteiger partial charge in [0.15, 0.2) is 0 Å². The number of thiol groups is 1. The Morgan fingerprint density at radius 1 is 0.844 bits per heavy atom. The molecule has 0 unspecified atom stereocenters. The van der Waals surface area contributed by atoms with E-state index in [4.69, 9.17) is 5.73 Å². The zero-order valence-electron chi connectivity index (χ0n) is 16.9. The molecular formula is C24H20FN3O3S. The molecule has 0 fully saturated rings. The minimum Gasteiger partial charge on any atom is -0.326 e. The van der Waals surface area contributed by atoms with Crippen LogP contribution in [0.1, 0.15) is 11.1 Å². The maximum Gasteiger partial charge on any atom is 0.279 e. The summed E-state index contributed by atoms with van der Waals surface area (Å²) >= 11 is 0. The van der Waals surface area contributed by atoms with Gasteiger partial charge >= 0.3 is 0 Å². The largest absolute Gasteiger partial charge is 0.326 e. The van der Waals surface area contributed by atoms with Crippen molar-refractivity contribution in [3.8, 4) is 27.9 Å². The molecule has 0 saturated carbocycles. The molecule has 0 amide bonds. The van der Waals surface area contributed by atoms with Gasteiger partial charge in [0, 0.05) is 12.1 Å². The minimum atomic E-state index is -2.53. The third-order valence-electron chi connectivity index (χ3n) is 5.10. The Bertz CT molecular complexity index is 1370. The average molecular weight is 450 g/mol. The van der Waals surface area contributed by atoms with Gasteiger partial charge in [-0.2, -0.15) is 9.78 Å². The molecule has 0 aliphatic heterocycles. The number of aromatic nitrogens is 2. The van der Waals surface area contributed by atoms with Crippen LogP contribution in [0.5, 0.6) is 0 Å². The van der Waals surface area contributed by atoms with Gasteiger partial charge in [0.05, 0.1) is 23.2 Å². The quantitative estimate of drug-likeness (QED) is 0.441. The summed E-state index contributed by atoms with van der Waals surface area (Å²) in [5.74, 6) is -0.455. The molecule has 0 aliphatic carbocycles. The van der Waals surface area contributed by atoms with E-state index in [1.54, 1.807) is 30.5 Å². The molecule has 0 bridgehead atoms. The summed E-state index contributed by atoms with van der Waals surface area (Å²) in [6.07, 6.45) is 1.58. The number of rotatable bonds is 6. The van der Waals surface area contributed by atoms with Crippen molar-refractivity contribution in [1.29, 1.82) is 0 Å². The number of halogens is 1. The van der Waals surface area contributed by atoms with Crippen LogP contribution in [-0.4, -0.2) is 18.2 Å². The molecule has 8 heteroatoms. The van der Waals surface area contributed by atoms with Crippen molar-refractivity contribution in [2.24, 2.45) is 5.73 Å². The lowest BCUT2D eigenvalue weighted by molar-refractivity contribution is 0.614. The van der Waals surface area contributed by atoms with Crippen LogP contribution < -0.4 is 11.3 Å². The standard InChI is InChI=1S/C24H20FN3O3S/c25-20-9-11-21(12-10-20)28-24(29)23(19-7-1-16(13-26)2-8-19)22(14-27-28)18-5-3-17(4-6-18)15-32(30)31/h1-12,14,32H,13,15,26H2. The summed E-state index contributed by atoms with van der Waals surface area (Å²) in [5.41, 5.74) is 9.81. The molecule has 6 nitrogen and oxygen atoms in total. The second-order valence-electron chi connectivity index (χ2n) is 7.22. The van der Waals surface area contributed by atoms with E-state index in [1.807, 2.05) is 24.3 Å². The van der Waals surface area contributed by atoms with Crippen LogP contribution in [0, 0.1) is 5.82 Å². The lowest BCUT2D eigenvalue weighted by Gasteiger charge is -2.13. The second-order valence-corrected chi connectivity index (χ2v) is 8.20. The molecule has 0 saturated heterocycles. The van der Waals surface area contributed by atoms with Crippen molar-refractivity contribution in [3.05, 3.63) is 106 Å². The molecule has 4 aromatic rings. The Morgan fingerprint density at radius 3 is 2.03 bits per heavy atom. The highest BCUT2D eigenvalue weighted by molar-refractivity contribution is 7.71. The normalized spacial score (nSPS) is 11.1. The first kappa shape index (κ1) is 21.6. The van der Waals surface area contributed by atoms with E-state index < -0.39 is 16.5 Å². The lowest BCUT2D eigenvalue weighted by Crippen LogP contribution is -2.23. The fourth-order valence-electron chi connectivity index (χ4n) is 3.46. The van der Waals surface area contributed by atoms with E-state index >= 15 is 0 Å². The molecule has 0 aliphatic rings. The van der Waals surface area contributed by atoms with Crippen LogP contribution in [0.3, 0.4) is 0 Å². The number of hydrogen-bond acceptors (Lipinski definition) is 5. The highest BCUT2D eigenvalue weighted by Gasteiger charge is 2.16. The Hall–Kier alpha value is -3.62. The van der Waals surface area contributed by atoms with Crippen LogP contribution in [0.4, 0.5) is 4.39 Å². The SMILES string of the molecule is NCc1ccc(-c2c(-c3ccc(C[SH](=O)=O)cc3)cnn(-c3ccc(F)cc3)c2=O)cc1. The monoisotopic (exact) mass is 449 g/mol. The van der Waals surface area contributed by atoms with E-state index in [-0.39, 0.29) is 11.3 Å². The smallest absolute Gasteiger partial charge is 0.279 e. The van der Waals surface area contributed by atoms with Crippen molar-refractivity contribution in [2.75, 3.05) is 0 Å². The summed E-state index contributed by atoms with van der Waals surface area (Å²) in [6, 6.07) is 19.9. The summed E-state index contributed by atoms with van der Waals surface area (Å²) in [6.45, 7) is 0.382. The summed E-state index contributed by atoms with van der Waals surface area (Å²) in [5, 5.41) is 4.31. The molecular weight excluding hydrogens is 429 g/mol. The van der Waals surface area contributed by atoms with Crippen molar-refractivity contribution in [3.63, 3.8) is 0 Å².